The first-order chi connectivity index (χ1) is 8.51. The molecule has 1 saturated heterocycles. The van der Waals surface area contributed by atoms with Gasteiger partial charge in [0, 0.05) is 26.2 Å². The summed E-state index contributed by atoms with van der Waals surface area (Å²) in [5.74, 6) is 0.0650. The standard InChI is InChI=1S/C13H27N3O2/c1-3-5-13(2,14)12(18)16-7-4-6-15(8-9-16)10-11-17/h17H,3-11,14H2,1-2H3. The molecule has 0 aromatic rings. The molecule has 106 valence electrons. The number of carbonyl (C=O) groups is 1. The molecule has 1 atom stereocenters. The van der Waals surface area contributed by atoms with Gasteiger partial charge in [-0.3, -0.25) is 9.69 Å². The van der Waals surface area contributed by atoms with E-state index in [4.69, 9.17) is 10.8 Å². The minimum absolute atomic E-state index is 0.0650. The van der Waals surface area contributed by atoms with Gasteiger partial charge in [0.1, 0.15) is 0 Å². The molecular formula is C13H27N3O2. The van der Waals surface area contributed by atoms with Gasteiger partial charge in [-0.2, -0.15) is 0 Å². The lowest BCUT2D eigenvalue weighted by Gasteiger charge is -2.31. The number of β-amino-alcohol motifs (C(OH)–C–C–N with tert-alkyl or cyclic N) is 1. The van der Waals surface area contributed by atoms with E-state index in [-0.39, 0.29) is 12.5 Å². The molecule has 1 aliphatic heterocycles. The summed E-state index contributed by atoms with van der Waals surface area (Å²) in [6, 6.07) is 0. The number of nitrogens with two attached hydrogens (primary N) is 1. The lowest BCUT2D eigenvalue weighted by molar-refractivity contribution is -0.136. The summed E-state index contributed by atoms with van der Waals surface area (Å²) in [6.07, 6.45) is 2.60. The number of amides is 1. The van der Waals surface area contributed by atoms with E-state index in [1.807, 2.05) is 18.7 Å². The molecule has 5 heteroatoms. The van der Waals surface area contributed by atoms with Crippen LogP contribution in [0.4, 0.5) is 0 Å². The fraction of sp³-hybridized carbons (Fsp3) is 0.923. The molecule has 0 spiro atoms. The van der Waals surface area contributed by atoms with Crippen molar-refractivity contribution < 1.29 is 9.90 Å². The van der Waals surface area contributed by atoms with Crippen LogP contribution in [0.25, 0.3) is 0 Å². The lowest BCUT2D eigenvalue weighted by Crippen LogP contribution is -2.54. The summed E-state index contributed by atoms with van der Waals surface area (Å²) in [7, 11) is 0. The highest BCUT2D eigenvalue weighted by atomic mass is 16.3. The second-order valence-corrected chi connectivity index (χ2v) is 5.38. The van der Waals surface area contributed by atoms with E-state index in [9.17, 15) is 4.79 Å². The predicted octanol–water partition coefficient (Wildman–Crippen LogP) is 0.0305. The highest BCUT2D eigenvalue weighted by Gasteiger charge is 2.32. The number of rotatable bonds is 5. The fourth-order valence-corrected chi connectivity index (χ4v) is 2.53. The average molecular weight is 257 g/mol. The van der Waals surface area contributed by atoms with Crippen LogP contribution < -0.4 is 5.73 Å². The van der Waals surface area contributed by atoms with E-state index < -0.39 is 5.54 Å². The molecule has 1 heterocycles. The van der Waals surface area contributed by atoms with E-state index in [0.29, 0.717) is 6.54 Å². The zero-order valence-corrected chi connectivity index (χ0v) is 11.7. The summed E-state index contributed by atoms with van der Waals surface area (Å²) in [5, 5.41) is 8.94. The van der Waals surface area contributed by atoms with Crippen LogP contribution in [0, 0.1) is 0 Å². The molecule has 0 aromatic heterocycles. The number of hydrogen-bond donors (Lipinski definition) is 2. The van der Waals surface area contributed by atoms with Crippen molar-refractivity contribution in [1.82, 2.24) is 9.80 Å². The first kappa shape index (κ1) is 15.4. The number of aliphatic hydroxyl groups excluding tert-OH is 1. The molecule has 0 aliphatic carbocycles. The maximum absolute atomic E-state index is 12.4. The Kier molecular flexibility index (Phi) is 6.05. The first-order valence-electron chi connectivity index (χ1n) is 6.92. The van der Waals surface area contributed by atoms with Gasteiger partial charge in [0.2, 0.25) is 5.91 Å². The van der Waals surface area contributed by atoms with Crippen molar-refractivity contribution in [3.63, 3.8) is 0 Å². The average Bonchev–Trinajstić information content (AvgIpc) is 2.54. The zero-order valence-electron chi connectivity index (χ0n) is 11.7. The molecule has 0 bridgehead atoms. The zero-order chi connectivity index (χ0) is 13.6. The van der Waals surface area contributed by atoms with Crippen LogP contribution in [0.3, 0.4) is 0 Å². The molecule has 5 nitrogen and oxygen atoms in total. The fourth-order valence-electron chi connectivity index (χ4n) is 2.53. The van der Waals surface area contributed by atoms with Gasteiger partial charge < -0.3 is 15.7 Å². The molecule has 0 aromatic carbocycles. The Labute approximate surface area is 110 Å². The Bertz CT molecular complexity index is 269. The SMILES string of the molecule is CCCC(C)(N)C(=O)N1CCCN(CCO)CC1. The molecule has 3 N–H and O–H groups in total. The molecule has 18 heavy (non-hydrogen) atoms. The normalized spacial score (nSPS) is 21.4. The van der Waals surface area contributed by atoms with E-state index >= 15 is 0 Å². The van der Waals surface area contributed by atoms with E-state index in [0.717, 1.165) is 45.4 Å². The summed E-state index contributed by atoms with van der Waals surface area (Å²) in [6.45, 7) is 8.01. The third-order valence-corrected chi connectivity index (χ3v) is 3.55. The molecular weight excluding hydrogens is 230 g/mol. The van der Waals surface area contributed by atoms with E-state index in [2.05, 4.69) is 4.90 Å². The van der Waals surface area contributed by atoms with Gasteiger partial charge in [0.15, 0.2) is 0 Å². The number of nitrogens with zero attached hydrogens (tertiary/aromatic N) is 2. The van der Waals surface area contributed by atoms with Gasteiger partial charge in [-0.05, 0) is 26.3 Å². The van der Waals surface area contributed by atoms with Crippen LogP contribution in [-0.4, -0.2) is 65.7 Å². The Hall–Kier alpha value is -0.650. The molecule has 1 rings (SSSR count). The van der Waals surface area contributed by atoms with Crippen molar-refractivity contribution in [3.8, 4) is 0 Å². The van der Waals surface area contributed by atoms with Crippen LogP contribution in [0.1, 0.15) is 33.1 Å². The maximum Gasteiger partial charge on any atom is 0.242 e. The minimum atomic E-state index is -0.735. The van der Waals surface area contributed by atoms with Crippen LogP contribution in [0.2, 0.25) is 0 Å². The minimum Gasteiger partial charge on any atom is -0.395 e. The van der Waals surface area contributed by atoms with Gasteiger partial charge in [-0.15, -0.1) is 0 Å². The third kappa shape index (κ3) is 4.23. The third-order valence-electron chi connectivity index (χ3n) is 3.55. The first-order valence-corrected chi connectivity index (χ1v) is 6.92. The Morgan fingerprint density at radius 2 is 2.06 bits per heavy atom. The summed E-state index contributed by atoms with van der Waals surface area (Å²) < 4.78 is 0. The Balaban J connectivity index is 2.54. The van der Waals surface area contributed by atoms with Crippen molar-refractivity contribution in [2.75, 3.05) is 39.3 Å². The van der Waals surface area contributed by atoms with Crippen molar-refractivity contribution in [1.29, 1.82) is 0 Å². The monoisotopic (exact) mass is 257 g/mol. The van der Waals surface area contributed by atoms with Crippen molar-refractivity contribution in [3.05, 3.63) is 0 Å². The maximum atomic E-state index is 12.4. The second kappa shape index (κ2) is 7.07. The Morgan fingerprint density at radius 1 is 1.33 bits per heavy atom. The van der Waals surface area contributed by atoms with Crippen molar-refractivity contribution in [2.24, 2.45) is 5.73 Å². The summed E-state index contributed by atoms with van der Waals surface area (Å²) >= 11 is 0. The van der Waals surface area contributed by atoms with Gasteiger partial charge in [-0.1, -0.05) is 13.3 Å². The molecule has 0 saturated carbocycles. The lowest BCUT2D eigenvalue weighted by atomic mass is 9.95. The van der Waals surface area contributed by atoms with Gasteiger partial charge >= 0.3 is 0 Å². The number of aliphatic hydroxyl groups is 1. The quantitative estimate of drug-likeness (QED) is 0.729. The summed E-state index contributed by atoms with van der Waals surface area (Å²) in [4.78, 5) is 16.4. The topological polar surface area (TPSA) is 69.8 Å². The molecule has 1 fully saturated rings. The molecule has 1 amide bonds. The number of hydrogen-bond acceptors (Lipinski definition) is 4. The van der Waals surface area contributed by atoms with Gasteiger partial charge in [0.25, 0.3) is 0 Å². The van der Waals surface area contributed by atoms with Crippen molar-refractivity contribution >= 4 is 5.91 Å². The van der Waals surface area contributed by atoms with Gasteiger partial charge in [0.05, 0.1) is 12.1 Å². The predicted molar refractivity (Wildman–Crippen MR) is 72.2 cm³/mol. The molecule has 1 aliphatic rings. The van der Waals surface area contributed by atoms with E-state index in [1.54, 1.807) is 0 Å². The van der Waals surface area contributed by atoms with Crippen LogP contribution in [-0.2, 0) is 4.79 Å². The van der Waals surface area contributed by atoms with Crippen LogP contribution >= 0.6 is 0 Å². The highest BCUT2D eigenvalue weighted by Crippen LogP contribution is 2.14. The second-order valence-electron chi connectivity index (χ2n) is 5.38. The molecule has 1 unspecified atom stereocenters. The van der Waals surface area contributed by atoms with Crippen LogP contribution in [0.15, 0.2) is 0 Å². The number of carbonyl (C=O) groups excluding carboxylic acids is 1. The van der Waals surface area contributed by atoms with Crippen molar-refractivity contribution in [2.45, 2.75) is 38.6 Å². The van der Waals surface area contributed by atoms with E-state index in [1.165, 1.54) is 0 Å². The largest absolute Gasteiger partial charge is 0.395 e. The van der Waals surface area contributed by atoms with Crippen LogP contribution in [0.5, 0.6) is 0 Å². The highest BCUT2D eigenvalue weighted by molar-refractivity contribution is 5.85. The molecule has 0 radical (unpaired) electrons. The Morgan fingerprint density at radius 3 is 2.67 bits per heavy atom. The van der Waals surface area contributed by atoms with Gasteiger partial charge in [-0.25, -0.2) is 0 Å². The smallest absolute Gasteiger partial charge is 0.242 e. The summed E-state index contributed by atoms with van der Waals surface area (Å²) in [5.41, 5.74) is 5.37.